The van der Waals surface area contributed by atoms with Crippen molar-refractivity contribution in [3.8, 4) is 0 Å². The van der Waals surface area contributed by atoms with Gasteiger partial charge in [0.2, 0.25) is 5.91 Å². The second-order valence-corrected chi connectivity index (χ2v) is 6.41. The molecule has 120 valence electrons. The molecule has 1 aliphatic rings. The first-order valence-corrected chi connectivity index (χ1v) is 8.29. The minimum absolute atomic E-state index is 0.0497. The van der Waals surface area contributed by atoms with Gasteiger partial charge in [0.25, 0.3) is 0 Å². The number of para-hydroxylation sites is 1. The molecule has 0 saturated carbocycles. The van der Waals surface area contributed by atoms with Gasteiger partial charge < -0.3 is 10.2 Å². The number of benzene rings is 2. The van der Waals surface area contributed by atoms with Crippen LogP contribution in [0.15, 0.2) is 42.5 Å². The van der Waals surface area contributed by atoms with Crippen LogP contribution in [-0.4, -0.2) is 18.5 Å². The number of hydrogen-bond donors (Lipinski definition) is 1. The van der Waals surface area contributed by atoms with Crippen molar-refractivity contribution in [3.63, 3.8) is 0 Å². The SMILES string of the molecule is Cc1ccc(NC(=O)[C@H](C)N2CCCc3ccccc32)c(C)c1. The first-order valence-electron chi connectivity index (χ1n) is 8.29. The second kappa shape index (κ2) is 6.45. The van der Waals surface area contributed by atoms with E-state index in [2.05, 4.69) is 41.4 Å². The smallest absolute Gasteiger partial charge is 0.246 e. The van der Waals surface area contributed by atoms with E-state index in [1.165, 1.54) is 16.8 Å². The van der Waals surface area contributed by atoms with Crippen LogP contribution >= 0.6 is 0 Å². The molecule has 1 heterocycles. The molecule has 3 nitrogen and oxygen atoms in total. The third-order valence-corrected chi connectivity index (χ3v) is 4.63. The molecule has 3 rings (SSSR count). The molecule has 0 unspecified atom stereocenters. The van der Waals surface area contributed by atoms with Gasteiger partial charge in [-0.3, -0.25) is 4.79 Å². The van der Waals surface area contributed by atoms with Crippen molar-refractivity contribution in [1.29, 1.82) is 0 Å². The monoisotopic (exact) mass is 308 g/mol. The van der Waals surface area contributed by atoms with Crippen LogP contribution in [0.3, 0.4) is 0 Å². The fourth-order valence-electron chi connectivity index (χ4n) is 3.30. The number of carbonyl (C=O) groups excluding carboxylic acids is 1. The molecule has 1 atom stereocenters. The molecular formula is C20H24N2O. The zero-order valence-electron chi connectivity index (χ0n) is 14.1. The summed E-state index contributed by atoms with van der Waals surface area (Å²) in [4.78, 5) is 14.9. The van der Waals surface area contributed by atoms with Gasteiger partial charge in [0.15, 0.2) is 0 Å². The summed E-state index contributed by atoms with van der Waals surface area (Å²) in [5, 5.41) is 3.08. The van der Waals surface area contributed by atoms with Gasteiger partial charge in [0, 0.05) is 17.9 Å². The molecule has 2 aromatic carbocycles. The van der Waals surface area contributed by atoms with E-state index in [1.54, 1.807) is 0 Å². The van der Waals surface area contributed by atoms with Crippen LogP contribution in [0.1, 0.15) is 30.0 Å². The van der Waals surface area contributed by atoms with Gasteiger partial charge in [0.1, 0.15) is 6.04 Å². The van der Waals surface area contributed by atoms with Crippen molar-refractivity contribution in [2.45, 2.75) is 39.7 Å². The summed E-state index contributed by atoms with van der Waals surface area (Å²) in [7, 11) is 0. The highest BCUT2D eigenvalue weighted by Crippen LogP contribution is 2.28. The van der Waals surface area contributed by atoms with Crippen molar-refractivity contribution in [2.75, 3.05) is 16.8 Å². The summed E-state index contributed by atoms with van der Waals surface area (Å²) in [6, 6.07) is 14.3. The van der Waals surface area contributed by atoms with E-state index in [1.807, 2.05) is 32.0 Å². The minimum atomic E-state index is -0.183. The Morgan fingerprint density at radius 3 is 2.74 bits per heavy atom. The Morgan fingerprint density at radius 2 is 1.96 bits per heavy atom. The lowest BCUT2D eigenvalue weighted by Crippen LogP contribution is -2.44. The van der Waals surface area contributed by atoms with Gasteiger partial charge in [-0.15, -0.1) is 0 Å². The molecule has 3 heteroatoms. The number of aryl methyl sites for hydroxylation is 3. The van der Waals surface area contributed by atoms with Crippen LogP contribution in [0.2, 0.25) is 0 Å². The molecule has 2 aromatic rings. The molecule has 0 saturated heterocycles. The van der Waals surface area contributed by atoms with Crippen LogP contribution in [0.4, 0.5) is 11.4 Å². The van der Waals surface area contributed by atoms with E-state index >= 15 is 0 Å². The first-order chi connectivity index (χ1) is 11.1. The maximum Gasteiger partial charge on any atom is 0.246 e. The fraction of sp³-hybridized carbons (Fsp3) is 0.350. The summed E-state index contributed by atoms with van der Waals surface area (Å²) in [5.41, 5.74) is 5.74. The highest BCUT2D eigenvalue weighted by Gasteiger charge is 2.26. The molecule has 1 N–H and O–H groups in total. The van der Waals surface area contributed by atoms with Crippen LogP contribution in [0.5, 0.6) is 0 Å². The average molecular weight is 308 g/mol. The van der Waals surface area contributed by atoms with Crippen molar-refractivity contribution in [3.05, 3.63) is 59.2 Å². The normalized spacial score (nSPS) is 15.0. The van der Waals surface area contributed by atoms with Crippen LogP contribution in [0, 0.1) is 13.8 Å². The lowest BCUT2D eigenvalue weighted by Gasteiger charge is -2.35. The third-order valence-electron chi connectivity index (χ3n) is 4.63. The topological polar surface area (TPSA) is 32.3 Å². The summed E-state index contributed by atoms with van der Waals surface area (Å²) in [5.74, 6) is 0.0497. The highest BCUT2D eigenvalue weighted by molar-refractivity contribution is 5.97. The van der Waals surface area contributed by atoms with E-state index in [9.17, 15) is 4.79 Å². The number of anilines is 2. The van der Waals surface area contributed by atoms with Crippen molar-refractivity contribution < 1.29 is 4.79 Å². The van der Waals surface area contributed by atoms with Crippen molar-refractivity contribution in [2.24, 2.45) is 0 Å². The second-order valence-electron chi connectivity index (χ2n) is 6.41. The first kappa shape index (κ1) is 15.6. The molecule has 1 aliphatic heterocycles. The number of carbonyl (C=O) groups is 1. The molecule has 0 fully saturated rings. The Morgan fingerprint density at radius 1 is 1.17 bits per heavy atom. The summed E-state index contributed by atoms with van der Waals surface area (Å²) < 4.78 is 0. The Kier molecular flexibility index (Phi) is 4.37. The van der Waals surface area contributed by atoms with Crippen LogP contribution in [0.25, 0.3) is 0 Å². The Balaban J connectivity index is 1.78. The molecule has 0 aliphatic carbocycles. The fourth-order valence-corrected chi connectivity index (χ4v) is 3.30. The molecule has 0 bridgehead atoms. The lowest BCUT2D eigenvalue weighted by molar-refractivity contribution is -0.117. The van der Waals surface area contributed by atoms with Crippen LogP contribution in [-0.2, 0) is 11.2 Å². The van der Waals surface area contributed by atoms with E-state index in [4.69, 9.17) is 0 Å². The van der Waals surface area contributed by atoms with Gasteiger partial charge in [-0.05, 0) is 56.9 Å². The number of rotatable bonds is 3. The number of hydrogen-bond acceptors (Lipinski definition) is 2. The highest BCUT2D eigenvalue weighted by atomic mass is 16.2. The average Bonchev–Trinajstić information content (AvgIpc) is 2.56. The van der Waals surface area contributed by atoms with Gasteiger partial charge >= 0.3 is 0 Å². The molecular weight excluding hydrogens is 284 g/mol. The van der Waals surface area contributed by atoms with Crippen molar-refractivity contribution >= 4 is 17.3 Å². The Labute approximate surface area is 138 Å². The predicted molar refractivity (Wildman–Crippen MR) is 96.1 cm³/mol. The molecule has 0 aromatic heterocycles. The summed E-state index contributed by atoms with van der Waals surface area (Å²) in [6.07, 6.45) is 2.19. The number of amides is 1. The van der Waals surface area contributed by atoms with Crippen LogP contribution < -0.4 is 10.2 Å². The van der Waals surface area contributed by atoms with Crippen molar-refractivity contribution in [1.82, 2.24) is 0 Å². The zero-order chi connectivity index (χ0) is 16.4. The van der Waals surface area contributed by atoms with E-state index < -0.39 is 0 Å². The maximum atomic E-state index is 12.7. The van der Waals surface area contributed by atoms with E-state index in [0.29, 0.717) is 0 Å². The molecule has 1 amide bonds. The van der Waals surface area contributed by atoms with E-state index in [0.717, 1.165) is 30.6 Å². The quantitative estimate of drug-likeness (QED) is 0.926. The zero-order valence-corrected chi connectivity index (χ0v) is 14.1. The maximum absolute atomic E-state index is 12.7. The predicted octanol–water partition coefficient (Wildman–Crippen LogP) is 4.08. The standard InChI is InChI=1S/C20H24N2O/c1-14-10-11-18(15(2)13-14)21-20(23)16(3)22-12-6-8-17-7-4-5-9-19(17)22/h4-5,7,9-11,13,16H,6,8,12H2,1-3H3,(H,21,23)/t16-/m0/s1. The third kappa shape index (κ3) is 3.24. The lowest BCUT2D eigenvalue weighted by atomic mass is 10.00. The largest absolute Gasteiger partial charge is 0.360 e. The van der Waals surface area contributed by atoms with Gasteiger partial charge in [-0.25, -0.2) is 0 Å². The summed E-state index contributed by atoms with van der Waals surface area (Å²) in [6.45, 7) is 7.01. The van der Waals surface area contributed by atoms with Gasteiger partial charge in [-0.1, -0.05) is 35.9 Å². The minimum Gasteiger partial charge on any atom is -0.360 e. The number of nitrogens with zero attached hydrogens (tertiary/aromatic N) is 1. The molecule has 0 radical (unpaired) electrons. The Hall–Kier alpha value is -2.29. The van der Waals surface area contributed by atoms with E-state index in [-0.39, 0.29) is 11.9 Å². The van der Waals surface area contributed by atoms with Gasteiger partial charge in [0.05, 0.1) is 0 Å². The molecule has 23 heavy (non-hydrogen) atoms. The number of fused-ring (bicyclic) bond motifs is 1. The van der Waals surface area contributed by atoms with Gasteiger partial charge in [-0.2, -0.15) is 0 Å². The number of nitrogens with one attached hydrogen (secondary N) is 1. The Bertz CT molecular complexity index is 723. The summed E-state index contributed by atoms with van der Waals surface area (Å²) >= 11 is 0. The molecule has 0 spiro atoms.